The van der Waals surface area contributed by atoms with Gasteiger partial charge in [0, 0.05) is 7.05 Å². The van der Waals surface area contributed by atoms with Crippen molar-refractivity contribution in [1.82, 2.24) is 9.88 Å². The highest BCUT2D eigenvalue weighted by molar-refractivity contribution is 6.00. The molecule has 1 fully saturated rings. The van der Waals surface area contributed by atoms with Crippen LogP contribution in [0.5, 0.6) is 0 Å². The van der Waals surface area contributed by atoms with Gasteiger partial charge < -0.3 is 14.3 Å². The quantitative estimate of drug-likeness (QED) is 0.902. The molecule has 0 aliphatic carbocycles. The van der Waals surface area contributed by atoms with Crippen LogP contribution in [0, 0.1) is 0 Å². The molecule has 2 atom stereocenters. The van der Waals surface area contributed by atoms with Crippen molar-refractivity contribution in [3.8, 4) is 0 Å². The molecule has 0 saturated carbocycles. The molecule has 0 radical (unpaired) electrons. The van der Waals surface area contributed by atoms with E-state index in [1.807, 2.05) is 0 Å². The Bertz CT molecular complexity index is 708. The first-order valence-electron chi connectivity index (χ1n) is 6.05. The number of nitrogens with zero attached hydrogens (tertiary/aromatic N) is 2. The average Bonchev–Trinajstić information content (AvgIpc) is 2.90. The Balaban J connectivity index is 2.12. The fraction of sp³-hybridized carbons (Fsp3) is 0.308. The summed E-state index contributed by atoms with van der Waals surface area (Å²) in [6, 6.07) is 4.22. The van der Waals surface area contributed by atoms with Crippen LogP contribution in [0.25, 0.3) is 11.1 Å². The molecule has 1 aromatic heterocycles. The van der Waals surface area contributed by atoms with Crippen LogP contribution in [0.1, 0.15) is 29.2 Å². The van der Waals surface area contributed by atoms with Crippen LogP contribution in [0.4, 0.5) is 4.79 Å². The molecule has 1 N–H and O–H groups in total. The summed E-state index contributed by atoms with van der Waals surface area (Å²) in [7, 11) is 1.59. The number of aromatic nitrogens is 1. The summed E-state index contributed by atoms with van der Waals surface area (Å²) in [5, 5.41) is 9.13. The Kier molecular flexibility index (Phi) is 2.63. The number of carbonyl (C=O) groups is 2. The second-order valence-electron chi connectivity index (χ2n) is 4.65. The number of carbonyl (C=O) groups excluding carboxylic acids is 1. The topological polar surface area (TPSA) is 92.9 Å². The van der Waals surface area contributed by atoms with Gasteiger partial charge in [0.2, 0.25) is 5.89 Å². The van der Waals surface area contributed by atoms with Gasteiger partial charge >= 0.3 is 12.1 Å². The van der Waals surface area contributed by atoms with Gasteiger partial charge in [0.15, 0.2) is 5.58 Å². The van der Waals surface area contributed by atoms with Crippen LogP contribution in [0.2, 0.25) is 0 Å². The van der Waals surface area contributed by atoms with Crippen molar-refractivity contribution in [3.05, 3.63) is 29.7 Å². The predicted octanol–water partition coefficient (Wildman–Crippen LogP) is 2.04. The summed E-state index contributed by atoms with van der Waals surface area (Å²) in [6.45, 7) is 1.74. The normalized spacial score (nSPS) is 22.3. The highest BCUT2D eigenvalue weighted by atomic mass is 16.6. The zero-order valence-electron chi connectivity index (χ0n) is 10.9. The lowest BCUT2D eigenvalue weighted by Crippen LogP contribution is -2.24. The molecular formula is C13H12N2O5. The third-order valence-corrected chi connectivity index (χ3v) is 3.36. The molecule has 1 aromatic carbocycles. The Morgan fingerprint density at radius 1 is 1.45 bits per heavy atom. The Morgan fingerprint density at radius 2 is 2.20 bits per heavy atom. The zero-order chi connectivity index (χ0) is 14.4. The van der Waals surface area contributed by atoms with E-state index in [4.69, 9.17) is 14.3 Å². The number of benzene rings is 1. The largest absolute Gasteiger partial charge is 0.478 e. The first-order chi connectivity index (χ1) is 9.49. The first kappa shape index (κ1) is 12.5. The molecule has 0 spiro atoms. The smallest absolute Gasteiger partial charge is 0.410 e. The van der Waals surface area contributed by atoms with Crippen LogP contribution in [-0.4, -0.2) is 40.2 Å². The van der Waals surface area contributed by atoms with Gasteiger partial charge in [-0.25, -0.2) is 14.6 Å². The van der Waals surface area contributed by atoms with Crippen molar-refractivity contribution < 1.29 is 23.8 Å². The number of para-hydroxylation sites is 1. The summed E-state index contributed by atoms with van der Waals surface area (Å²) < 4.78 is 10.7. The minimum absolute atomic E-state index is 0.0676. The number of rotatable bonds is 2. The molecule has 1 amide bonds. The number of likely N-dealkylation sites (N-methyl/N-ethyl adjacent to an activating group) is 1. The number of fused-ring (bicyclic) bond motifs is 1. The maximum atomic E-state index is 11.5. The maximum Gasteiger partial charge on any atom is 0.410 e. The van der Waals surface area contributed by atoms with Gasteiger partial charge in [-0.1, -0.05) is 6.07 Å². The lowest BCUT2D eigenvalue weighted by atomic mass is 10.2. The standard InChI is InChI=1S/C13H12N2O5/c1-6-10(15(2)13(18)19-6)11-14-9-7(12(16)17)4-3-5-8(9)20-11/h3-6,10H,1-2H3,(H,16,17)/t6-,10+/m0/s1. The number of oxazole rings is 1. The van der Waals surface area contributed by atoms with E-state index in [9.17, 15) is 9.59 Å². The van der Waals surface area contributed by atoms with E-state index in [-0.39, 0.29) is 17.0 Å². The third-order valence-electron chi connectivity index (χ3n) is 3.36. The number of carboxylic acids is 1. The minimum Gasteiger partial charge on any atom is -0.478 e. The number of carboxylic acid groups (broad SMARTS) is 1. The SMILES string of the molecule is C[C@@H]1OC(=O)N(C)[C@H]1c1nc2c(C(=O)O)cccc2o1. The lowest BCUT2D eigenvalue weighted by Gasteiger charge is -2.14. The fourth-order valence-electron chi connectivity index (χ4n) is 2.37. The van der Waals surface area contributed by atoms with Crippen molar-refractivity contribution in [3.63, 3.8) is 0 Å². The molecule has 104 valence electrons. The van der Waals surface area contributed by atoms with E-state index in [0.717, 1.165) is 0 Å². The van der Waals surface area contributed by atoms with E-state index in [1.54, 1.807) is 26.1 Å². The molecule has 3 rings (SSSR count). The van der Waals surface area contributed by atoms with E-state index >= 15 is 0 Å². The molecule has 20 heavy (non-hydrogen) atoms. The van der Waals surface area contributed by atoms with Gasteiger partial charge in [-0.15, -0.1) is 0 Å². The second-order valence-corrected chi connectivity index (χ2v) is 4.65. The van der Waals surface area contributed by atoms with Crippen molar-refractivity contribution in [2.75, 3.05) is 7.05 Å². The number of aromatic carboxylic acids is 1. The third kappa shape index (κ3) is 1.70. The highest BCUT2D eigenvalue weighted by Gasteiger charge is 2.41. The number of hydrogen-bond donors (Lipinski definition) is 1. The summed E-state index contributed by atoms with van der Waals surface area (Å²) in [4.78, 5) is 28.3. The molecule has 1 aliphatic heterocycles. The molecule has 2 heterocycles. The first-order valence-corrected chi connectivity index (χ1v) is 6.05. The van der Waals surface area contributed by atoms with Gasteiger partial charge in [-0.2, -0.15) is 0 Å². The number of ether oxygens (including phenoxy) is 1. The van der Waals surface area contributed by atoms with E-state index < -0.39 is 24.2 Å². The molecule has 0 unspecified atom stereocenters. The van der Waals surface area contributed by atoms with E-state index in [2.05, 4.69) is 4.98 Å². The van der Waals surface area contributed by atoms with E-state index in [0.29, 0.717) is 5.58 Å². The molecule has 7 heteroatoms. The molecule has 1 aliphatic rings. The Morgan fingerprint density at radius 3 is 2.80 bits per heavy atom. The fourth-order valence-corrected chi connectivity index (χ4v) is 2.37. The average molecular weight is 276 g/mol. The number of amides is 1. The summed E-state index contributed by atoms with van der Waals surface area (Å²) in [5.74, 6) is -0.801. The van der Waals surface area contributed by atoms with Crippen molar-refractivity contribution in [1.29, 1.82) is 0 Å². The highest BCUT2D eigenvalue weighted by Crippen LogP contribution is 2.33. The van der Waals surface area contributed by atoms with Crippen molar-refractivity contribution >= 4 is 23.2 Å². The van der Waals surface area contributed by atoms with Gasteiger partial charge in [-0.05, 0) is 19.1 Å². The van der Waals surface area contributed by atoms with Crippen LogP contribution in [-0.2, 0) is 4.74 Å². The monoisotopic (exact) mass is 276 g/mol. The number of cyclic esters (lactones) is 1. The van der Waals surface area contributed by atoms with Crippen molar-refractivity contribution in [2.45, 2.75) is 19.1 Å². The van der Waals surface area contributed by atoms with Crippen molar-refractivity contribution in [2.24, 2.45) is 0 Å². The van der Waals surface area contributed by atoms with Gasteiger partial charge in [-0.3, -0.25) is 4.90 Å². The molecule has 0 bridgehead atoms. The summed E-state index contributed by atoms with van der Waals surface area (Å²) in [5.41, 5.74) is 0.716. The van der Waals surface area contributed by atoms with Crippen LogP contribution >= 0.6 is 0 Å². The Labute approximate surface area is 113 Å². The molecule has 7 nitrogen and oxygen atoms in total. The molecule has 1 saturated heterocycles. The van der Waals surface area contributed by atoms with Gasteiger partial charge in [0.05, 0.1) is 5.56 Å². The van der Waals surface area contributed by atoms with Gasteiger partial charge in [0.1, 0.15) is 17.7 Å². The van der Waals surface area contributed by atoms with Crippen LogP contribution in [0.3, 0.4) is 0 Å². The summed E-state index contributed by atoms with van der Waals surface area (Å²) >= 11 is 0. The summed E-state index contributed by atoms with van der Waals surface area (Å²) in [6.07, 6.45) is -0.864. The molecule has 2 aromatic rings. The van der Waals surface area contributed by atoms with Crippen LogP contribution in [0.15, 0.2) is 22.6 Å². The minimum atomic E-state index is -1.07. The Hall–Kier alpha value is -2.57. The predicted molar refractivity (Wildman–Crippen MR) is 67.4 cm³/mol. The lowest BCUT2D eigenvalue weighted by molar-refractivity contribution is 0.0698. The van der Waals surface area contributed by atoms with Gasteiger partial charge in [0.25, 0.3) is 0 Å². The zero-order valence-corrected chi connectivity index (χ0v) is 10.9. The van der Waals surface area contributed by atoms with E-state index in [1.165, 1.54) is 11.0 Å². The van der Waals surface area contributed by atoms with Crippen LogP contribution < -0.4 is 0 Å². The second kappa shape index (κ2) is 4.22. The molecular weight excluding hydrogens is 264 g/mol. The maximum absolute atomic E-state index is 11.5. The number of hydrogen-bond acceptors (Lipinski definition) is 5.